The van der Waals surface area contributed by atoms with Crippen LogP contribution in [-0.2, 0) is 0 Å². The van der Waals surface area contributed by atoms with Crippen LogP contribution in [0.2, 0.25) is 15.1 Å². The third-order valence-electron chi connectivity index (χ3n) is 2.45. The van der Waals surface area contributed by atoms with E-state index in [2.05, 4.69) is 5.32 Å². The Hall–Kier alpha value is -0.690. The first-order valence-electron chi connectivity index (χ1n) is 5.33. The van der Waals surface area contributed by atoms with Crippen LogP contribution in [0.3, 0.4) is 0 Å². The molecular formula is C13H7Cl3INO2. The standard InChI is InChI=1S/C13H7Cl3INO2/c14-6-3-8(12(19)11(17)4-6)13(20)18-7-1-2-9(15)10(16)5-7/h1-5,19H,(H,18,20). The van der Waals surface area contributed by atoms with Crippen LogP contribution in [0.4, 0.5) is 5.69 Å². The maximum Gasteiger partial charge on any atom is 0.259 e. The largest absolute Gasteiger partial charge is 0.506 e. The van der Waals surface area contributed by atoms with Gasteiger partial charge in [0.25, 0.3) is 5.91 Å². The molecule has 0 bridgehead atoms. The minimum absolute atomic E-state index is 0.0907. The number of aromatic hydroxyl groups is 1. The summed E-state index contributed by atoms with van der Waals surface area (Å²) in [7, 11) is 0. The molecule has 0 saturated heterocycles. The second-order valence-corrected chi connectivity index (χ2v) is 6.28. The SMILES string of the molecule is O=C(Nc1ccc(Cl)c(Cl)c1)c1cc(Cl)cc(I)c1O. The van der Waals surface area contributed by atoms with E-state index < -0.39 is 5.91 Å². The number of nitrogens with one attached hydrogen (secondary N) is 1. The summed E-state index contributed by atoms with van der Waals surface area (Å²) in [5.74, 6) is -0.603. The Labute approximate surface area is 144 Å². The Morgan fingerprint density at radius 2 is 1.80 bits per heavy atom. The van der Waals surface area contributed by atoms with E-state index in [1.165, 1.54) is 12.1 Å². The van der Waals surface area contributed by atoms with Gasteiger partial charge in [0.05, 0.1) is 19.2 Å². The zero-order chi connectivity index (χ0) is 14.9. The van der Waals surface area contributed by atoms with Crippen LogP contribution in [-0.4, -0.2) is 11.0 Å². The van der Waals surface area contributed by atoms with Crippen molar-refractivity contribution in [3.63, 3.8) is 0 Å². The quantitative estimate of drug-likeness (QED) is 0.628. The van der Waals surface area contributed by atoms with E-state index in [9.17, 15) is 9.90 Å². The molecule has 0 atom stereocenters. The van der Waals surface area contributed by atoms with Gasteiger partial charge in [0.2, 0.25) is 0 Å². The van der Waals surface area contributed by atoms with Crippen molar-refractivity contribution in [2.45, 2.75) is 0 Å². The molecule has 0 radical (unpaired) electrons. The number of carbonyl (C=O) groups is 1. The molecule has 104 valence electrons. The van der Waals surface area contributed by atoms with Crippen molar-refractivity contribution in [1.82, 2.24) is 0 Å². The van der Waals surface area contributed by atoms with E-state index in [0.717, 1.165) is 0 Å². The van der Waals surface area contributed by atoms with Gasteiger partial charge in [0.15, 0.2) is 0 Å². The van der Waals surface area contributed by atoms with Gasteiger partial charge >= 0.3 is 0 Å². The number of phenolic OH excluding ortho intramolecular Hbond substituents is 1. The van der Waals surface area contributed by atoms with E-state index in [-0.39, 0.29) is 11.3 Å². The number of halogens is 4. The fourth-order valence-corrected chi connectivity index (χ4v) is 2.84. The summed E-state index contributed by atoms with van der Waals surface area (Å²) in [6, 6.07) is 7.66. The second kappa shape index (κ2) is 6.39. The highest BCUT2D eigenvalue weighted by Crippen LogP contribution is 2.30. The average Bonchev–Trinajstić information content (AvgIpc) is 2.38. The summed E-state index contributed by atoms with van der Waals surface area (Å²) in [4.78, 5) is 12.1. The Morgan fingerprint density at radius 3 is 2.45 bits per heavy atom. The highest BCUT2D eigenvalue weighted by molar-refractivity contribution is 14.1. The number of carbonyl (C=O) groups excluding carboxylic acids is 1. The zero-order valence-electron chi connectivity index (χ0n) is 9.75. The first-order valence-corrected chi connectivity index (χ1v) is 7.54. The maximum atomic E-state index is 12.1. The lowest BCUT2D eigenvalue weighted by Crippen LogP contribution is -2.12. The Morgan fingerprint density at radius 1 is 1.10 bits per heavy atom. The molecule has 0 aromatic heterocycles. The number of phenols is 1. The number of benzene rings is 2. The van der Waals surface area contributed by atoms with Crippen LogP contribution in [0.5, 0.6) is 5.75 Å². The van der Waals surface area contributed by atoms with Gasteiger partial charge in [0, 0.05) is 10.7 Å². The van der Waals surface area contributed by atoms with Gasteiger partial charge in [-0.1, -0.05) is 34.8 Å². The third kappa shape index (κ3) is 3.49. The third-order valence-corrected chi connectivity index (χ3v) is 4.23. The van der Waals surface area contributed by atoms with Crippen molar-refractivity contribution >= 4 is 69.0 Å². The molecule has 0 aliphatic rings. The molecule has 2 rings (SSSR count). The van der Waals surface area contributed by atoms with Crippen LogP contribution < -0.4 is 5.32 Å². The first-order chi connectivity index (χ1) is 9.38. The highest BCUT2D eigenvalue weighted by Gasteiger charge is 2.15. The van der Waals surface area contributed by atoms with Gasteiger partial charge in [-0.05, 0) is 52.9 Å². The molecule has 7 heteroatoms. The molecule has 0 aliphatic carbocycles. The van der Waals surface area contributed by atoms with E-state index in [0.29, 0.717) is 24.3 Å². The summed E-state index contributed by atoms with van der Waals surface area (Å²) in [6.07, 6.45) is 0. The first kappa shape index (κ1) is 15.7. The van der Waals surface area contributed by atoms with Gasteiger partial charge in [-0.2, -0.15) is 0 Å². The van der Waals surface area contributed by atoms with Crippen molar-refractivity contribution in [3.8, 4) is 5.75 Å². The average molecular weight is 442 g/mol. The minimum Gasteiger partial charge on any atom is -0.506 e. The van der Waals surface area contributed by atoms with E-state index in [1.807, 2.05) is 22.6 Å². The number of amides is 1. The van der Waals surface area contributed by atoms with Crippen molar-refractivity contribution < 1.29 is 9.90 Å². The van der Waals surface area contributed by atoms with Crippen molar-refractivity contribution in [1.29, 1.82) is 0 Å². The second-order valence-electron chi connectivity index (χ2n) is 3.87. The lowest BCUT2D eigenvalue weighted by Gasteiger charge is -2.09. The summed E-state index contributed by atoms with van der Waals surface area (Å²) in [5, 5.41) is 13.6. The van der Waals surface area contributed by atoms with E-state index in [4.69, 9.17) is 34.8 Å². The predicted octanol–water partition coefficient (Wildman–Crippen LogP) is 5.21. The molecule has 20 heavy (non-hydrogen) atoms. The van der Waals surface area contributed by atoms with Crippen LogP contribution in [0.15, 0.2) is 30.3 Å². The van der Waals surface area contributed by atoms with Crippen molar-refractivity contribution in [2.24, 2.45) is 0 Å². The van der Waals surface area contributed by atoms with Gasteiger partial charge in [-0.15, -0.1) is 0 Å². The molecule has 0 unspecified atom stereocenters. The summed E-state index contributed by atoms with van der Waals surface area (Å²) < 4.78 is 0.495. The lowest BCUT2D eigenvalue weighted by molar-refractivity contribution is 0.102. The number of anilines is 1. The molecule has 1 amide bonds. The number of hydrogen-bond donors (Lipinski definition) is 2. The van der Waals surface area contributed by atoms with Gasteiger partial charge < -0.3 is 10.4 Å². The lowest BCUT2D eigenvalue weighted by atomic mass is 10.2. The van der Waals surface area contributed by atoms with Crippen LogP contribution in [0, 0.1) is 3.57 Å². The normalized spacial score (nSPS) is 10.4. The van der Waals surface area contributed by atoms with E-state index >= 15 is 0 Å². The molecule has 2 aromatic carbocycles. The predicted molar refractivity (Wildman–Crippen MR) is 90.2 cm³/mol. The monoisotopic (exact) mass is 441 g/mol. The van der Waals surface area contributed by atoms with Crippen molar-refractivity contribution in [2.75, 3.05) is 5.32 Å². The number of rotatable bonds is 2. The Kier molecular flexibility index (Phi) is 5.01. The zero-order valence-corrected chi connectivity index (χ0v) is 14.2. The minimum atomic E-state index is -0.485. The summed E-state index contributed by atoms with van der Waals surface area (Å²) in [5.41, 5.74) is 0.562. The Balaban J connectivity index is 2.30. The number of hydrogen-bond acceptors (Lipinski definition) is 2. The molecule has 0 spiro atoms. The molecule has 0 saturated carbocycles. The molecule has 0 fully saturated rings. The Bertz CT molecular complexity index is 692. The smallest absolute Gasteiger partial charge is 0.259 e. The summed E-state index contributed by atoms with van der Waals surface area (Å²) in [6.45, 7) is 0. The van der Waals surface area contributed by atoms with Gasteiger partial charge in [0.1, 0.15) is 5.75 Å². The summed E-state index contributed by atoms with van der Waals surface area (Å²) >= 11 is 19.4. The topological polar surface area (TPSA) is 49.3 Å². The molecule has 2 N–H and O–H groups in total. The fraction of sp³-hybridized carbons (Fsp3) is 0. The maximum absolute atomic E-state index is 12.1. The molecule has 0 heterocycles. The van der Waals surface area contributed by atoms with Crippen LogP contribution in [0.25, 0.3) is 0 Å². The van der Waals surface area contributed by atoms with Crippen LogP contribution in [0.1, 0.15) is 10.4 Å². The van der Waals surface area contributed by atoms with Gasteiger partial charge in [-0.3, -0.25) is 4.79 Å². The molecule has 2 aromatic rings. The molecule has 0 aliphatic heterocycles. The van der Waals surface area contributed by atoms with E-state index in [1.54, 1.807) is 18.2 Å². The fourth-order valence-electron chi connectivity index (χ4n) is 1.51. The molecule has 3 nitrogen and oxygen atoms in total. The van der Waals surface area contributed by atoms with Crippen molar-refractivity contribution in [3.05, 3.63) is 54.5 Å². The molecular weight excluding hydrogens is 435 g/mol. The van der Waals surface area contributed by atoms with Crippen LogP contribution >= 0.6 is 57.4 Å². The highest BCUT2D eigenvalue weighted by atomic mass is 127. The van der Waals surface area contributed by atoms with Gasteiger partial charge in [-0.25, -0.2) is 0 Å².